The molecule has 1 aliphatic rings. The van der Waals surface area contributed by atoms with Gasteiger partial charge < -0.3 is 9.84 Å². The summed E-state index contributed by atoms with van der Waals surface area (Å²) in [6, 6.07) is 9.13. The number of pyridine rings is 1. The quantitative estimate of drug-likeness (QED) is 0.604. The number of amides is 1. The summed E-state index contributed by atoms with van der Waals surface area (Å²) in [6.07, 6.45) is 3.94. The van der Waals surface area contributed by atoms with Crippen molar-refractivity contribution >= 4 is 35.0 Å². The second kappa shape index (κ2) is 7.70. The minimum absolute atomic E-state index is 0.109. The van der Waals surface area contributed by atoms with Crippen molar-refractivity contribution in [2.75, 3.05) is 11.1 Å². The minimum atomic E-state index is -0.109. The van der Waals surface area contributed by atoms with Gasteiger partial charge in [0.1, 0.15) is 0 Å². The zero-order valence-electron chi connectivity index (χ0n) is 14.6. The highest BCUT2D eigenvalue weighted by Crippen LogP contribution is 2.38. The number of aromatic nitrogens is 3. The Balaban J connectivity index is 1.34. The third-order valence-corrected chi connectivity index (χ3v) is 5.37. The average molecular weight is 401 g/mol. The zero-order chi connectivity index (χ0) is 18.8. The van der Waals surface area contributed by atoms with Gasteiger partial charge in [-0.3, -0.25) is 4.79 Å². The second-order valence-electron chi connectivity index (χ2n) is 6.41. The van der Waals surface area contributed by atoms with Crippen molar-refractivity contribution in [1.82, 2.24) is 15.1 Å². The van der Waals surface area contributed by atoms with E-state index >= 15 is 0 Å². The predicted octanol–water partition coefficient (Wildman–Crippen LogP) is 4.70. The number of hydrogen-bond acceptors (Lipinski definition) is 6. The Morgan fingerprint density at radius 3 is 2.93 bits per heavy atom. The fourth-order valence-corrected chi connectivity index (χ4v) is 3.32. The maximum atomic E-state index is 12.2. The topological polar surface area (TPSA) is 80.9 Å². The summed E-state index contributed by atoms with van der Waals surface area (Å²) in [6.45, 7) is 1.92. The average Bonchev–Trinajstić information content (AvgIpc) is 3.40. The third-order valence-electron chi connectivity index (χ3n) is 4.19. The number of benzene rings is 1. The van der Waals surface area contributed by atoms with Crippen LogP contribution in [0, 0.1) is 6.92 Å². The van der Waals surface area contributed by atoms with Crippen LogP contribution in [0.2, 0.25) is 5.02 Å². The number of rotatable bonds is 6. The summed E-state index contributed by atoms with van der Waals surface area (Å²) in [5.74, 6) is 1.85. The van der Waals surface area contributed by atoms with Crippen LogP contribution in [0.5, 0.6) is 0 Å². The van der Waals surface area contributed by atoms with Gasteiger partial charge in [-0.15, -0.1) is 0 Å². The first-order chi connectivity index (χ1) is 13.1. The largest absolute Gasteiger partial charge is 0.334 e. The van der Waals surface area contributed by atoms with E-state index in [2.05, 4.69) is 20.4 Å². The first-order valence-electron chi connectivity index (χ1n) is 8.57. The minimum Gasteiger partial charge on any atom is -0.334 e. The molecule has 0 saturated heterocycles. The fourth-order valence-electron chi connectivity index (χ4n) is 2.51. The van der Waals surface area contributed by atoms with Crippen molar-refractivity contribution in [1.29, 1.82) is 0 Å². The van der Waals surface area contributed by atoms with E-state index in [1.165, 1.54) is 11.8 Å². The summed E-state index contributed by atoms with van der Waals surface area (Å²) < 4.78 is 5.29. The number of nitrogens with zero attached hydrogens (tertiary/aromatic N) is 3. The van der Waals surface area contributed by atoms with Crippen LogP contribution in [0.15, 0.2) is 46.1 Å². The molecule has 2 heterocycles. The SMILES string of the molecule is Cc1ccc(Cl)cc1NC(=O)CSc1ccc(-c2nc(C3CC3)no2)cn1. The van der Waals surface area contributed by atoms with Gasteiger partial charge >= 0.3 is 0 Å². The molecular formula is C19H17ClN4O2S. The van der Waals surface area contributed by atoms with Gasteiger partial charge in [-0.25, -0.2) is 4.98 Å². The van der Waals surface area contributed by atoms with E-state index in [1.54, 1.807) is 18.3 Å². The van der Waals surface area contributed by atoms with Crippen molar-refractivity contribution in [3.63, 3.8) is 0 Å². The van der Waals surface area contributed by atoms with Gasteiger partial charge in [0.25, 0.3) is 5.89 Å². The molecule has 0 radical (unpaired) electrons. The van der Waals surface area contributed by atoms with Gasteiger partial charge in [0.15, 0.2) is 5.82 Å². The Kier molecular flexibility index (Phi) is 5.13. The van der Waals surface area contributed by atoms with E-state index in [0.29, 0.717) is 16.8 Å². The molecule has 1 aliphatic carbocycles. The van der Waals surface area contributed by atoms with Crippen LogP contribution in [0.3, 0.4) is 0 Å². The standard InChI is InChI=1S/C19H17ClN4O2S/c1-11-2-6-14(20)8-15(11)22-16(25)10-27-17-7-5-13(9-21-17)19-23-18(24-26-19)12-3-4-12/h2,5-9,12H,3-4,10H2,1H3,(H,22,25). The highest BCUT2D eigenvalue weighted by atomic mass is 35.5. The molecule has 6 nitrogen and oxygen atoms in total. The molecule has 1 saturated carbocycles. The van der Waals surface area contributed by atoms with E-state index in [-0.39, 0.29) is 11.7 Å². The van der Waals surface area contributed by atoms with Crippen molar-refractivity contribution < 1.29 is 9.32 Å². The third kappa shape index (κ3) is 4.48. The van der Waals surface area contributed by atoms with Crippen molar-refractivity contribution in [2.45, 2.75) is 30.7 Å². The first-order valence-corrected chi connectivity index (χ1v) is 9.93. The predicted molar refractivity (Wildman–Crippen MR) is 105 cm³/mol. The van der Waals surface area contributed by atoms with Crippen LogP contribution in [0.25, 0.3) is 11.5 Å². The van der Waals surface area contributed by atoms with Gasteiger partial charge in [0.05, 0.1) is 16.3 Å². The maximum Gasteiger partial charge on any atom is 0.259 e. The number of aryl methyl sites for hydroxylation is 1. The highest BCUT2D eigenvalue weighted by molar-refractivity contribution is 7.99. The number of hydrogen-bond donors (Lipinski definition) is 1. The lowest BCUT2D eigenvalue weighted by atomic mass is 10.2. The molecule has 1 fully saturated rings. The lowest BCUT2D eigenvalue weighted by Crippen LogP contribution is -2.14. The molecule has 0 aliphatic heterocycles. The molecule has 0 bridgehead atoms. The molecule has 138 valence electrons. The van der Waals surface area contributed by atoms with Crippen molar-refractivity contribution in [3.05, 3.63) is 52.9 Å². The summed E-state index contributed by atoms with van der Waals surface area (Å²) in [5, 5.41) is 8.22. The number of thioether (sulfide) groups is 1. The van der Waals surface area contributed by atoms with E-state index in [0.717, 1.165) is 40.5 Å². The molecule has 1 N–H and O–H groups in total. The van der Waals surface area contributed by atoms with Gasteiger partial charge in [0, 0.05) is 22.8 Å². The second-order valence-corrected chi connectivity index (χ2v) is 7.85. The molecule has 2 aromatic heterocycles. The van der Waals surface area contributed by atoms with Gasteiger partial charge in [0.2, 0.25) is 5.91 Å². The zero-order valence-corrected chi connectivity index (χ0v) is 16.2. The number of anilines is 1. The van der Waals surface area contributed by atoms with E-state index in [1.807, 2.05) is 25.1 Å². The smallest absolute Gasteiger partial charge is 0.259 e. The van der Waals surface area contributed by atoms with Gasteiger partial charge in [-0.05, 0) is 49.6 Å². The number of halogens is 1. The maximum absolute atomic E-state index is 12.2. The lowest BCUT2D eigenvalue weighted by molar-refractivity contribution is -0.113. The molecule has 8 heteroatoms. The molecule has 1 amide bonds. The molecule has 0 atom stereocenters. The molecule has 1 aromatic carbocycles. The van der Waals surface area contributed by atoms with E-state index in [9.17, 15) is 4.79 Å². The van der Waals surface area contributed by atoms with Crippen molar-refractivity contribution in [2.24, 2.45) is 0 Å². The molecule has 4 rings (SSSR count). The Morgan fingerprint density at radius 1 is 1.33 bits per heavy atom. The Morgan fingerprint density at radius 2 is 2.19 bits per heavy atom. The van der Waals surface area contributed by atoms with Gasteiger partial charge in [-0.2, -0.15) is 4.98 Å². The van der Waals surface area contributed by atoms with Crippen molar-refractivity contribution in [3.8, 4) is 11.5 Å². The Bertz CT molecular complexity index is 970. The van der Waals surface area contributed by atoms with E-state index in [4.69, 9.17) is 16.1 Å². The Hall–Kier alpha value is -2.38. The lowest BCUT2D eigenvalue weighted by Gasteiger charge is -2.08. The van der Waals surface area contributed by atoms with Crippen LogP contribution in [-0.2, 0) is 4.79 Å². The van der Waals surface area contributed by atoms with Crippen LogP contribution in [0.4, 0.5) is 5.69 Å². The summed E-state index contributed by atoms with van der Waals surface area (Å²) >= 11 is 7.34. The van der Waals surface area contributed by atoms with Gasteiger partial charge in [-0.1, -0.05) is 34.6 Å². The van der Waals surface area contributed by atoms with E-state index < -0.39 is 0 Å². The Labute approximate surface area is 165 Å². The molecule has 0 spiro atoms. The van der Waals surface area contributed by atoms with Crippen LogP contribution < -0.4 is 5.32 Å². The molecular weight excluding hydrogens is 384 g/mol. The fraction of sp³-hybridized carbons (Fsp3) is 0.263. The summed E-state index contributed by atoms with van der Waals surface area (Å²) in [7, 11) is 0. The molecule has 0 unspecified atom stereocenters. The molecule has 27 heavy (non-hydrogen) atoms. The summed E-state index contributed by atoms with van der Waals surface area (Å²) in [4.78, 5) is 21.0. The molecule has 3 aromatic rings. The number of nitrogens with one attached hydrogen (secondary N) is 1. The first kappa shape index (κ1) is 18.0. The summed E-state index contributed by atoms with van der Waals surface area (Å²) in [5.41, 5.74) is 2.46. The number of carbonyl (C=O) groups is 1. The van der Waals surface area contributed by atoms with Crippen LogP contribution >= 0.6 is 23.4 Å². The monoisotopic (exact) mass is 400 g/mol. The van der Waals surface area contributed by atoms with Crippen LogP contribution in [-0.4, -0.2) is 26.8 Å². The highest BCUT2D eigenvalue weighted by Gasteiger charge is 2.29. The normalized spacial score (nSPS) is 13.6. The number of carbonyl (C=O) groups excluding carboxylic acids is 1. The van der Waals surface area contributed by atoms with Crippen LogP contribution in [0.1, 0.15) is 30.1 Å².